The maximum atomic E-state index is 11.8. The van der Waals surface area contributed by atoms with Crippen molar-refractivity contribution in [2.45, 2.75) is 39.8 Å². The van der Waals surface area contributed by atoms with Crippen molar-refractivity contribution in [1.82, 2.24) is 5.32 Å². The number of hydrogen-bond donors (Lipinski definition) is 1. The number of carbonyl (C=O) groups excluding carboxylic acids is 1. The Bertz CT molecular complexity index is 865. The number of alkyl carbamates (subject to hydrolysis) is 1. The van der Waals surface area contributed by atoms with Crippen molar-refractivity contribution in [2.24, 2.45) is 0 Å². The molecule has 0 aliphatic carbocycles. The van der Waals surface area contributed by atoms with E-state index in [0.717, 1.165) is 5.56 Å². The number of ether oxygens (including phenoxy) is 3. The average Bonchev–Trinajstić information content (AvgIpc) is 2.67. The molecule has 0 aliphatic rings. The van der Waals surface area contributed by atoms with Crippen LogP contribution < -0.4 is 15.0 Å². The fourth-order valence-electron chi connectivity index (χ4n) is 2.36. The molecule has 8 heteroatoms. The van der Waals surface area contributed by atoms with Gasteiger partial charge in [-0.15, -0.1) is 0 Å². The Morgan fingerprint density at radius 1 is 1.00 bits per heavy atom. The van der Waals surface area contributed by atoms with E-state index in [1.54, 1.807) is 17.0 Å². The Hall–Kier alpha value is -2.71. The molecular weight excluding hydrogens is 420 g/mol. The van der Waals surface area contributed by atoms with Crippen molar-refractivity contribution in [3.05, 3.63) is 60.2 Å². The van der Waals surface area contributed by atoms with Gasteiger partial charge in [0.05, 0.1) is 12.3 Å². The zero-order valence-electron chi connectivity index (χ0n) is 17.5. The quantitative estimate of drug-likeness (QED) is 0.633. The molecule has 0 heterocycles. The van der Waals surface area contributed by atoms with Gasteiger partial charge in [-0.2, -0.15) is 0 Å². The maximum absolute atomic E-state index is 11.8. The molecule has 0 fully saturated rings. The summed E-state index contributed by atoms with van der Waals surface area (Å²) in [5.74, 6) is 0.602. The predicted molar refractivity (Wildman–Crippen MR) is 126 cm³/mol. The highest BCUT2D eigenvalue weighted by Gasteiger charge is 2.21. The average molecular weight is 447 g/mol. The third kappa shape index (κ3) is 7.61. The smallest absolute Gasteiger partial charge is 0.407 e. The summed E-state index contributed by atoms with van der Waals surface area (Å²) in [7, 11) is 0. The highest BCUT2D eigenvalue weighted by molar-refractivity contribution is 7.82. The Labute approximate surface area is 188 Å². The molecular formula is C22H26N2O4S2. The first-order valence-electron chi connectivity index (χ1n) is 9.49. The van der Waals surface area contributed by atoms with Gasteiger partial charge in [-0.25, -0.2) is 9.69 Å². The largest absolute Gasteiger partial charge is 0.471 e. The number of rotatable bonds is 5. The molecule has 1 amide bonds. The fourth-order valence-corrected chi connectivity index (χ4v) is 3.01. The summed E-state index contributed by atoms with van der Waals surface area (Å²) in [5, 5.41) is 3.07. The summed E-state index contributed by atoms with van der Waals surface area (Å²) >= 11 is 10.8. The van der Waals surface area contributed by atoms with Crippen molar-refractivity contribution in [3.63, 3.8) is 0 Å². The summed E-state index contributed by atoms with van der Waals surface area (Å²) < 4.78 is 16.5. The topological polar surface area (TPSA) is 60.0 Å². The number of nitrogens with one attached hydrogen (secondary N) is 1. The maximum Gasteiger partial charge on any atom is 0.407 e. The second-order valence-corrected chi connectivity index (χ2v) is 7.94. The summed E-state index contributed by atoms with van der Waals surface area (Å²) in [6, 6.07) is 16.6. The van der Waals surface area contributed by atoms with Crippen LogP contribution in [0.15, 0.2) is 54.6 Å². The number of amides is 1. The molecule has 0 radical (unpaired) electrons. The van der Waals surface area contributed by atoms with Gasteiger partial charge in [0.1, 0.15) is 11.4 Å². The molecule has 6 nitrogen and oxygen atoms in total. The molecule has 0 atom stereocenters. The number of thiocarbonyl (C=S) groups is 2. The Kier molecular flexibility index (Phi) is 8.56. The minimum Gasteiger partial charge on any atom is -0.471 e. The van der Waals surface area contributed by atoms with Crippen LogP contribution in [0.3, 0.4) is 0 Å². The number of para-hydroxylation sites is 1. The monoisotopic (exact) mass is 446 g/mol. The van der Waals surface area contributed by atoms with Crippen LogP contribution in [0.1, 0.15) is 33.3 Å². The zero-order valence-corrected chi connectivity index (χ0v) is 19.1. The second kappa shape index (κ2) is 10.9. The molecule has 0 aromatic heterocycles. The molecule has 0 bridgehead atoms. The third-order valence-electron chi connectivity index (χ3n) is 3.61. The highest BCUT2D eigenvalue weighted by Crippen LogP contribution is 2.20. The van der Waals surface area contributed by atoms with Gasteiger partial charge in [0, 0.05) is 6.54 Å². The molecule has 2 aromatic carbocycles. The Morgan fingerprint density at radius 3 is 2.20 bits per heavy atom. The lowest BCUT2D eigenvalue weighted by molar-refractivity contribution is 0.0523. The lowest BCUT2D eigenvalue weighted by atomic mass is 10.2. The SMILES string of the molecule is CCOC(=S)N(C(=S)Oc1ccccc1)c1ccc(CNC(=O)OC(C)(C)C)cc1. The van der Waals surface area contributed by atoms with Crippen LogP contribution in [-0.4, -0.2) is 28.7 Å². The molecule has 30 heavy (non-hydrogen) atoms. The minimum absolute atomic E-state index is 0.152. The van der Waals surface area contributed by atoms with Gasteiger partial charge >= 0.3 is 6.09 Å². The van der Waals surface area contributed by atoms with Crippen molar-refractivity contribution in [1.29, 1.82) is 0 Å². The summed E-state index contributed by atoms with van der Waals surface area (Å²) in [5.41, 5.74) is 1.04. The number of carbonyl (C=O) groups is 1. The second-order valence-electron chi connectivity index (χ2n) is 7.24. The fraction of sp³-hybridized carbons (Fsp3) is 0.318. The minimum atomic E-state index is -0.544. The van der Waals surface area contributed by atoms with Gasteiger partial charge in [0.15, 0.2) is 0 Å². The van der Waals surface area contributed by atoms with Gasteiger partial charge in [0.2, 0.25) is 0 Å². The first kappa shape index (κ1) is 23.6. The van der Waals surface area contributed by atoms with Crippen LogP contribution in [0.5, 0.6) is 5.75 Å². The van der Waals surface area contributed by atoms with E-state index in [2.05, 4.69) is 5.32 Å². The van der Waals surface area contributed by atoms with E-state index in [1.807, 2.05) is 70.2 Å². The Balaban J connectivity index is 2.10. The first-order chi connectivity index (χ1) is 14.2. The van der Waals surface area contributed by atoms with E-state index >= 15 is 0 Å². The van der Waals surface area contributed by atoms with Crippen LogP contribution >= 0.6 is 24.4 Å². The van der Waals surface area contributed by atoms with Gasteiger partial charge in [-0.3, -0.25) is 0 Å². The van der Waals surface area contributed by atoms with Gasteiger partial charge < -0.3 is 19.5 Å². The van der Waals surface area contributed by atoms with Crippen LogP contribution in [0.2, 0.25) is 0 Å². The van der Waals surface area contributed by atoms with Crippen molar-refractivity contribution < 1.29 is 19.0 Å². The van der Waals surface area contributed by atoms with Gasteiger partial charge in [-0.1, -0.05) is 30.3 Å². The molecule has 0 saturated heterocycles. The van der Waals surface area contributed by atoms with Gasteiger partial charge in [0.25, 0.3) is 10.3 Å². The van der Waals surface area contributed by atoms with Crippen molar-refractivity contribution >= 4 is 46.6 Å². The Morgan fingerprint density at radius 2 is 1.63 bits per heavy atom. The van der Waals surface area contributed by atoms with Crippen LogP contribution in [0, 0.1) is 0 Å². The molecule has 0 aliphatic heterocycles. The summed E-state index contributed by atoms with van der Waals surface area (Å²) in [4.78, 5) is 13.4. The van der Waals surface area contributed by atoms with E-state index in [0.29, 0.717) is 24.6 Å². The van der Waals surface area contributed by atoms with E-state index in [9.17, 15) is 4.79 Å². The molecule has 0 saturated carbocycles. The van der Waals surface area contributed by atoms with E-state index < -0.39 is 11.7 Å². The molecule has 0 unspecified atom stereocenters. The third-order valence-corrected chi connectivity index (χ3v) is 4.18. The predicted octanol–water partition coefficient (Wildman–Crippen LogP) is 5.20. The van der Waals surface area contributed by atoms with Crippen LogP contribution in [0.4, 0.5) is 10.5 Å². The van der Waals surface area contributed by atoms with E-state index in [4.69, 9.17) is 38.6 Å². The molecule has 2 rings (SSSR count). The lowest BCUT2D eigenvalue weighted by Crippen LogP contribution is -2.39. The number of benzene rings is 2. The van der Waals surface area contributed by atoms with Crippen LogP contribution in [0.25, 0.3) is 0 Å². The molecule has 2 aromatic rings. The molecule has 1 N–H and O–H groups in total. The number of nitrogens with zero attached hydrogens (tertiary/aromatic N) is 1. The number of hydrogen-bond acceptors (Lipinski definition) is 6. The molecule has 160 valence electrons. The van der Waals surface area contributed by atoms with E-state index in [1.165, 1.54) is 0 Å². The normalized spacial score (nSPS) is 10.7. The van der Waals surface area contributed by atoms with Crippen LogP contribution in [-0.2, 0) is 16.0 Å². The zero-order chi connectivity index (χ0) is 22.1. The first-order valence-corrected chi connectivity index (χ1v) is 10.3. The van der Waals surface area contributed by atoms with E-state index in [-0.39, 0.29) is 10.3 Å². The lowest BCUT2D eigenvalue weighted by Gasteiger charge is -2.24. The summed E-state index contributed by atoms with van der Waals surface area (Å²) in [6.07, 6.45) is -0.469. The highest BCUT2D eigenvalue weighted by atomic mass is 32.1. The van der Waals surface area contributed by atoms with Gasteiger partial charge in [-0.05, 0) is 82.0 Å². The summed E-state index contributed by atoms with van der Waals surface area (Å²) in [6.45, 7) is 8.03. The standard InChI is InChI=1S/C22H26N2O4S2/c1-5-26-20(29)24(21(30)27-18-9-7-6-8-10-18)17-13-11-16(12-14-17)15-23-19(25)28-22(2,3)4/h6-14H,5,15H2,1-4H3,(H,23,25). The number of anilines is 1. The van der Waals surface area contributed by atoms with Crippen molar-refractivity contribution in [2.75, 3.05) is 11.5 Å². The molecule has 0 spiro atoms. The van der Waals surface area contributed by atoms with Crippen molar-refractivity contribution in [3.8, 4) is 5.75 Å².